The second-order valence-corrected chi connectivity index (χ2v) is 7.92. The van der Waals surface area contributed by atoms with E-state index in [1.54, 1.807) is 4.90 Å². The molecule has 0 bridgehead atoms. The molecule has 3 aromatic carbocycles. The molecule has 5 heteroatoms. The third-order valence-electron chi connectivity index (χ3n) is 6.42. The predicted molar refractivity (Wildman–Crippen MR) is 110 cm³/mol. The highest BCUT2D eigenvalue weighted by Crippen LogP contribution is 2.51. The molecule has 5 nitrogen and oxygen atoms in total. The van der Waals surface area contributed by atoms with Crippen molar-refractivity contribution < 1.29 is 14.3 Å². The van der Waals surface area contributed by atoms with E-state index in [2.05, 4.69) is 12.1 Å². The second-order valence-electron chi connectivity index (χ2n) is 7.92. The molecule has 2 aliphatic heterocycles. The molecule has 1 atom stereocenters. The Kier molecular flexibility index (Phi) is 3.48. The van der Waals surface area contributed by atoms with Crippen molar-refractivity contribution in [3.63, 3.8) is 0 Å². The average molecular weight is 394 g/mol. The van der Waals surface area contributed by atoms with E-state index in [-0.39, 0.29) is 12.7 Å². The van der Waals surface area contributed by atoms with Crippen LogP contribution in [0.5, 0.6) is 11.5 Å². The highest BCUT2D eigenvalue weighted by Gasteiger charge is 2.50. The van der Waals surface area contributed by atoms with Gasteiger partial charge in [0.15, 0.2) is 17.0 Å². The Morgan fingerprint density at radius 3 is 2.57 bits per heavy atom. The van der Waals surface area contributed by atoms with Gasteiger partial charge in [-0.05, 0) is 52.9 Å². The van der Waals surface area contributed by atoms with Crippen LogP contribution in [0.25, 0.3) is 11.1 Å². The quantitative estimate of drug-likeness (QED) is 0.625. The molecule has 1 aliphatic carbocycles. The highest BCUT2D eigenvalue weighted by atomic mass is 16.7. The Labute approximate surface area is 174 Å². The molecule has 2 heterocycles. The summed E-state index contributed by atoms with van der Waals surface area (Å²) in [6, 6.07) is 21.9. The number of benzene rings is 3. The number of hydrogen-bond acceptors (Lipinski definition) is 4. The molecule has 0 spiro atoms. The van der Waals surface area contributed by atoms with Gasteiger partial charge in [-0.25, -0.2) is 0 Å². The van der Waals surface area contributed by atoms with Crippen LogP contribution in [-0.2, 0) is 18.4 Å². The van der Waals surface area contributed by atoms with Crippen molar-refractivity contribution in [2.45, 2.75) is 18.4 Å². The summed E-state index contributed by atoms with van der Waals surface area (Å²) in [5.41, 5.74) is 4.69. The maximum absolute atomic E-state index is 13.5. The summed E-state index contributed by atoms with van der Waals surface area (Å²) in [4.78, 5) is 15.3. The number of carbonyl (C=O) groups excluding carboxylic acids is 1. The standard InChI is InChI=1S/C25H18N2O3/c26-14-25-13-18-11-21-22(30-15-29-21)12-20(18)19-8-4-7-16(23(19)25)9-10-27(25)24(28)17-5-2-1-3-6-17/h1-8,11-12H,9-10,13,15H2. The number of nitriles is 1. The van der Waals surface area contributed by atoms with Crippen molar-refractivity contribution in [3.05, 3.63) is 82.9 Å². The Morgan fingerprint density at radius 1 is 0.967 bits per heavy atom. The monoisotopic (exact) mass is 394 g/mol. The van der Waals surface area contributed by atoms with E-state index in [1.165, 1.54) is 0 Å². The van der Waals surface area contributed by atoms with Crippen LogP contribution in [-0.4, -0.2) is 24.1 Å². The SMILES string of the molecule is N#CC12Cc3cc4c(cc3-c3cccc(c31)CCN2C(=O)c1ccccc1)OCO4. The summed E-state index contributed by atoms with van der Waals surface area (Å²) >= 11 is 0. The minimum Gasteiger partial charge on any atom is -0.454 e. The smallest absolute Gasteiger partial charge is 0.255 e. The van der Waals surface area contributed by atoms with Crippen LogP contribution in [0.1, 0.15) is 27.0 Å². The summed E-state index contributed by atoms with van der Waals surface area (Å²) in [7, 11) is 0. The molecule has 0 fully saturated rings. The van der Waals surface area contributed by atoms with E-state index in [0.717, 1.165) is 40.0 Å². The van der Waals surface area contributed by atoms with Gasteiger partial charge in [0.05, 0.1) is 6.07 Å². The summed E-state index contributed by atoms with van der Waals surface area (Å²) < 4.78 is 11.2. The normalized spacial score (nSPS) is 20.2. The van der Waals surface area contributed by atoms with E-state index >= 15 is 0 Å². The number of rotatable bonds is 1. The molecule has 146 valence electrons. The fourth-order valence-electron chi connectivity index (χ4n) is 5.09. The maximum Gasteiger partial charge on any atom is 0.255 e. The maximum atomic E-state index is 13.5. The lowest BCUT2D eigenvalue weighted by molar-refractivity contribution is 0.0549. The Morgan fingerprint density at radius 2 is 1.77 bits per heavy atom. The van der Waals surface area contributed by atoms with Crippen LogP contribution in [0.2, 0.25) is 0 Å². The average Bonchev–Trinajstić information content (AvgIpc) is 3.25. The molecule has 1 amide bonds. The van der Waals surface area contributed by atoms with Crippen molar-refractivity contribution in [1.29, 1.82) is 5.26 Å². The fourth-order valence-corrected chi connectivity index (χ4v) is 5.09. The number of amides is 1. The van der Waals surface area contributed by atoms with Gasteiger partial charge in [0.1, 0.15) is 0 Å². The molecule has 0 saturated carbocycles. The number of ether oxygens (including phenoxy) is 2. The van der Waals surface area contributed by atoms with E-state index in [9.17, 15) is 10.1 Å². The molecule has 0 N–H and O–H groups in total. The van der Waals surface area contributed by atoms with Crippen LogP contribution in [0, 0.1) is 11.3 Å². The van der Waals surface area contributed by atoms with Gasteiger partial charge in [0, 0.05) is 24.1 Å². The van der Waals surface area contributed by atoms with E-state index in [4.69, 9.17) is 9.47 Å². The van der Waals surface area contributed by atoms with E-state index < -0.39 is 5.54 Å². The minimum atomic E-state index is -1.04. The van der Waals surface area contributed by atoms with Gasteiger partial charge in [-0.3, -0.25) is 4.79 Å². The first-order valence-corrected chi connectivity index (χ1v) is 10.0. The van der Waals surface area contributed by atoms with E-state index in [0.29, 0.717) is 24.3 Å². The Hall–Kier alpha value is -3.78. The zero-order valence-electron chi connectivity index (χ0n) is 16.2. The van der Waals surface area contributed by atoms with E-state index in [1.807, 2.05) is 54.6 Å². The van der Waals surface area contributed by atoms with Gasteiger partial charge in [0.2, 0.25) is 6.79 Å². The van der Waals surface area contributed by atoms with Gasteiger partial charge in [0.25, 0.3) is 5.91 Å². The lowest BCUT2D eigenvalue weighted by Gasteiger charge is -2.47. The zero-order chi connectivity index (χ0) is 20.3. The summed E-state index contributed by atoms with van der Waals surface area (Å²) in [5.74, 6) is 1.31. The number of carbonyl (C=O) groups is 1. The summed E-state index contributed by atoms with van der Waals surface area (Å²) in [6.45, 7) is 0.713. The van der Waals surface area contributed by atoms with Crippen LogP contribution < -0.4 is 9.47 Å². The van der Waals surface area contributed by atoms with Gasteiger partial charge >= 0.3 is 0 Å². The highest BCUT2D eigenvalue weighted by molar-refractivity contribution is 5.96. The van der Waals surface area contributed by atoms with Crippen LogP contribution in [0.3, 0.4) is 0 Å². The Balaban J connectivity index is 1.58. The molecule has 3 aliphatic rings. The van der Waals surface area contributed by atoms with Crippen molar-refractivity contribution in [2.75, 3.05) is 13.3 Å². The molecule has 6 rings (SSSR count). The largest absolute Gasteiger partial charge is 0.454 e. The van der Waals surface area contributed by atoms with Gasteiger partial charge < -0.3 is 14.4 Å². The third kappa shape index (κ3) is 2.19. The van der Waals surface area contributed by atoms with Crippen molar-refractivity contribution >= 4 is 5.91 Å². The number of nitrogens with zero attached hydrogens (tertiary/aromatic N) is 2. The molecule has 3 aromatic rings. The third-order valence-corrected chi connectivity index (χ3v) is 6.42. The van der Waals surface area contributed by atoms with Crippen molar-refractivity contribution in [3.8, 4) is 28.7 Å². The van der Waals surface area contributed by atoms with Crippen molar-refractivity contribution in [2.24, 2.45) is 0 Å². The lowest BCUT2D eigenvalue weighted by atomic mass is 9.69. The van der Waals surface area contributed by atoms with Gasteiger partial charge in [-0.1, -0.05) is 36.4 Å². The molecule has 1 unspecified atom stereocenters. The van der Waals surface area contributed by atoms with Crippen LogP contribution in [0.4, 0.5) is 0 Å². The first kappa shape index (κ1) is 17.1. The van der Waals surface area contributed by atoms with Crippen LogP contribution >= 0.6 is 0 Å². The summed E-state index contributed by atoms with van der Waals surface area (Å²) in [5, 5.41) is 10.5. The van der Waals surface area contributed by atoms with Crippen molar-refractivity contribution in [1.82, 2.24) is 4.90 Å². The molecular formula is C25H18N2O3. The lowest BCUT2D eigenvalue weighted by Crippen LogP contribution is -2.55. The molecule has 0 saturated heterocycles. The van der Waals surface area contributed by atoms with Gasteiger partial charge in [-0.15, -0.1) is 0 Å². The first-order valence-electron chi connectivity index (χ1n) is 10.0. The first-order chi connectivity index (χ1) is 14.7. The van der Waals surface area contributed by atoms with Gasteiger partial charge in [-0.2, -0.15) is 5.26 Å². The summed E-state index contributed by atoms with van der Waals surface area (Å²) in [6.07, 6.45) is 1.16. The zero-order valence-corrected chi connectivity index (χ0v) is 16.2. The Bertz CT molecular complexity index is 1250. The molecule has 0 radical (unpaired) electrons. The second kappa shape index (κ2) is 6.11. The number of fused-ring (bicyclic) bond motifs is 3. The molecular weight excluding hydrogens is 376 g/mol. The molecule has 0 aromatic heterocycles. The minimum absolute atomic E-state index is 0.109. The van der Waals surface area contributed by atoms with Crippen LogP contribution in [0.15, 0.2) is 60.7 Å². The fraction of sp³-hybridized carbons (Fsp3) is 0.200. The number of hydrogen-bond donors (Lipinski definition) is 0. The molecule has 30 heavy (non-hydrogen) atoms. The topological polar surface area (TPSA) is 62.6 Å². The predicted octanol–water partition coefficient (Wildman–Crippen LogP) is 4.06.